The molecule has 27 heavy (non-hydrogen) atoms. The molecule has 0 aliphatic heterocycles. The minimum absolute atomic E-state index is 0.117. The van der Waals surface area contributed by atoms with Crippen LogP contribution in [0.4, 0.5) is 4.39 Å². The van der Waals surface area contributed by atoms with E-state index in [0.717, 1.165) is 0 Å². The fourth-order valence-corrected chi connectivity index (χ4v) is 3.30. The molecule has 0 fully saturated rings. The van der Waals surface area contributed by atoms with Crippen LogP contribution in [-0.4, -0.2) is 35.9 Å². The lowest BCUT2D eigenvalue weighted by Gasteiger charge is -2.14. The number of carbonyl (C=O) groups excluding carboxylic acids is 1. The Balaban J connectivity index is 1.70. The van der Waals surface area contributed by atoms with Gasteiger partial charge in [0.15, 0.2) is 5.76 Å². The number of hydrogen-bond donors (Lipinski definition) is 2. The molecule has 0 atom stereocenters. The molecule has 0 aliphatic carbocycles. The number of benzene rings is 1. The number of thiophene rings is 1. The standard InChI is InChI=1S/C18H16ClFN4O2S/c1-24(2)17(21)10-3-4-12(13(20)7-10)14-8-11(26-23-14)9-22-18(25)15-5-6-16(19)27-15/h3-8,21H,9H2,1-2H3,(H,22,25). The lowest BCUT2D eigenvalue weighted by Crippen LogP contribution is -2.21. The third-order valence-electron chi connectivity index (χ3n) is 3.74. The number of aromatic nitrogens is 1. The number of amides is 1. The largest absolute Gasteiger partial charge is 0.363 e. The molecule has 1 aromatic carbocycles. The van der Waals surface area contributed by atoms with Crippen LogP contribution >= 0.6 is 22.9 Å². The molecule has 0 aliphatic rings. The average Bonchev–Trinajstić information content (AvgIpc) is 3.28. The first-order valence-corrected chi connectivity index (χ1v) is 9.10. The van der Waals surface area contributed by atoms with Crippen LogP contribution < -0.4 is 5.32 Å². The second-order valence-electron chi connectivity index (χ2n) is 5.90. The summed E-state index contributed by atoms with van der Waals surface area (Å²) in [6.45, 7) is 0.117. The van der Waals surface area contributed by atoms with Gasteiger partial charge in [-0.15, -0.1) is 11.3 Å². The van der Waals surface area contributed by atoms with Crippen LogP contribution in [0.25, 0.3) is 11.3 Å². The molecule has 0 unspecified atom stereocenters. The average molecular weight is 407 g/mol. The first-order chi connectivity index (χ1) is 12.8. The maximum Gasteiger partial charge on any atom is 0.261 e. The van der Waals surface area contributed by atoms with E-state index in [2.05, 4.69) is 10.5 Å². The molecule has 140 valence electrons. The van der Waals surface area contributed by atoms with E-state index in [0.29, 0.717) is 26.2 Å². The Morgan fingerprint density at radius 3 is 2.74 bits per heavy atom. The minimum atomic E-state index is -0.504. The maximum atomic E-state index is 14.4. The van der Waals surface area contributed by atoms with Gasteiger partial charge in [0.05, 0.1) is 15.8 Å². The van der Waals surface area contributed by atoms with Crippen molar-refractivity contribution in [3.05, 3.63) is 62.8 Å². The summed E-state index contributed by atoms with van der Waals surface area (Å²) in [4.78, 5) is 14.1. The Labute approximate surface area is 164 Å². The van der Waals surface area contributed by atoms with Crippen LogP contribution in [0.2, 0.25) is 4.34 Å². The summed E-state index contributed by atoms with van der Waals surface area (Å²) < 4.78 is 20.1. The third kappa shape index (κ3) is 4.35. The van der Waals surface area contributed by atoms with E-state index in [1.807, 2.05) is 0 Å². The first kappa shape index (κ1) is 19.1. The van der Waals surface area contributed by atoms with Crippen molar-refractivity contribution in [2.45, 2.75) is 6.54 Å². The summed E-state index contributed by atoms with van der Waals surface area (Å²) in [5.74, 6) is -0.179. The molecule has 0 radical (unpaired) electrons. The van der Waals surface area contributed by atoms with E-state index in [1.54, 1.807) is 49.3 Å². The van der Waals surface area contributed by atoms with E-state index < -0.39 is 5.82 Å². The number of halogens is 2. The van der Waals surface area contributed by atoms with Gasteiger partial charge in [-0.25, -0.2) is 4.39 Å². The van der Waals surface area contributed by atoms with Gasteiger partial charge in [0.25, 0.3) is 5.91 Å². The summed E-state index contributed by atoms with van der Waals surface area (Å²) in [6.07, 6.45) is 0. The molecule has 9 heteroatoms. The van der Waals surface area contributed by atoms with Crippen molar-refractivity contribution in [1.82, 2.24) is 15.4 Å². The lowest BCUT2D eigenvalue weighted by atomic mass is 10.1. The summed E-state index contributed by atoms with van der Waals surface area (Å²) >= 11 is 6.99. The predicted octanol–water partition coefficient (Wildman–Crippen LogP) is 4.01. The van der Waals surface area contributed by atoms with Gasteiger partial charge in [0.1, 0.15) is 17.3 Å². The highest BCUT2D eigenvalue weighted by molar-refractivity contribution is 7.17. The third-order valence-corrected chi connectivity index (χ3v) is 4.97. The Hall–Kier alpha value is -2.71. The van der Waals surface area contributed by atoms with Gasteiger partial charge in [-0.3, -0.25) is 10.2 Å². The molecule has 1 amide bonds. The normalized spacial score (nSPS) is 10.7. The molecule has 0 saturated carbocycles. The topological polar surface area (TPSA) is 82.2 Å². The first-order valence-electron chi connectivity index (χ1n) is 7.90. The van der Waals surface area contributed by atoms with Gasteiger partial charge >= 0.3 is 0 Å². The second-order valence-corrected chi connectivity index (χ2v) is 7.62. The second kappa shape index (κ2) is 7.89. The van der Waals surface area contributed by atoms with Crippen LogP contribution in [0.1, 0.15) is 21.0 Å². The van der Waals surface area contributed by atoms with E-state index >= 15 is 0 Å². The fraction of sp³-hybridized carbons (Fsp3) is 0.167. The van der Waals surface area contributed by atoms with Crippen LogP contribution in [0.5, 0.6) is 0 Å². The van der Waals surface area contributed by atoms with Gasteiger partial charge < -0.3 is 14.7 Å². The van der Waals surface area contributed by atoms with Crippen LogP contribution in [0.15, 0.2) is 40.9 Å². The van der Waals surface area contributed by atoms with Crippen LogP contribution in [-0.2, 0) is 6.54 Å². The highest BCUT2D eigenvalue weighted by Gasteiger charge is 2.15. The number of hydrogen-bond acceptors (Lipinski definition) is 5. The zero-order valence-electron chi connectivity index (χ0n) is 14.5. The van der Waals surface area contributed by atoms with Crippen molar-refractivity contribution in [2.24, 2.45) is 0 Å². The van der Waals surface area contributed by atoms with E-state index in [-0.39, 0.29) is 23.9 Å². The summed E-state index contributed by atoms with van der Waals surface area (Å²) in [6, 6.07) is 9.34. The van der Waals surface area contributed by atoms with Gasteiger partial charge in [0.2, 0.25) is 0 Å². The van der Waals surface area contributed by atoms with E-state index in [4.69, 9.17) is 21.5 Å². The van der Waals surface area contributed by atoms with E-state index in [1.165, 1.54) is 17.4 Å². The number of carbonyl (C=O) groups is 1. The van der Waals surface area contributed by atoms with Gasteiger partial charge in [0, 0.05) is 31.3 Å². The van der Waals surface area contributed by atoms with Crippen molar-refractivity contribution < 1.29 is 13.7 Å². The van der Waals surface area contributed by atoms with Crippen molar-refractivity contribution >= 4 is 34.7 Å². The molecule has 0 saturated heterocycles. The Morgan fingerprint density at radius 2 is 2.11 bits per heavy atom. The minimum Gasteiger partial charge on any atom is -0.363 e. The number of rotatable bonds is 5. The molecule has 3 aromatic rings. The molecule has 0 bridgehead atoms. The number of nitrogens with one attached hydrogen (secondary N) is 2. The van der Waals surface area contributed by atoms with Crippen LogP contribution in [0.3, 0.4) is 0 Å². The van der Waals surface area contributed by atoms with Gasteiger partial charge in [-0.1, -0.05) is 22.8 Å². The molecule has 2 aromatic heterocycles. The highest BCUT2D eigenvalue weighted by atomic mass is 35.5. The van der Waals surface area contributed by atoms with Crippen molar-refractivity contribution in [3.8, 4) is 11.3 Å². The SMILES string of the molecule is CN(C)C(=N)c1ccc(-c2cc(CNC(=O)c3ccc(Cl)s3)on2)c(F)c1. The lowest BCUT2D eigenvalue weighted by molar-refractivity contribution is 0.0951. The summed E-state index contributed by atoms with van der Waals surface area (Å²) in [7, 11) is 3.44. The van der Waals surface area contributed by atoms with E-state index in [9.17, 15) is 9.18 Å². The molecular formula is C18H16ClFN4O2S. The Bertz CT molecular complexity index is 999. The molecule has 3 rings (SSSR count). The smallest absolute Gasteiger partial charge is 0.261 e. The molecular weight excluding hydrogens is 391 g/mol. The molecule has 2 N–H and O–H groups in total. The van der Waals surface area contributed by atoms with Crippen molar-refractivity contribution in [3.63, 3.8) is 0 Å². The number of nitrogens with zero attached hydrogens (tertiary/aromatic N) is 2. The summed E-state index contributed by atoms with van der Waals surface area (Å²) in [5, 5.41) is 14.5. The summed E-state index contributed by atoms with van der Waals surface area (Å²) in [5.41, 5.74) is 1.04. The fourth-order valence-electron chi connectivity index (χ4n) is 2.34. The Morgan fingerprint density at radius 1 is 1.33 bits per heavy atom. The molecule has 0 spiro atoms. The van der Waals surface area contributed by atoms with Crippen molar-refractivity contribution in [2.75, 3.05) is 14.1 Å². The highest BCUT2D eigenvalue weighted by Crippen LogP contribution is 2.24. The Kier molecular flexibility index (Phi) is 5.57. The monoisotopic (exact) mass is 406 g/mol. The van der Waals surface area contributed by atoms with Crippen molar-refractivity contribution in [1.29, 1.82) is 5.41 Å². The van der Waals surface area contributed by atoms with Gasteiger partial charge in [-0.2, -0.15) is 0 Å². The zero-order chi connectivity index (χ0) is 19.6. The molecule has 6 nitrogen and oxygen atoms in total. The predicted molar refractivity (Wildman–Crippen MR) is 103 cm³/mol. The molecule has 2 heterocycles. The zero-order valence-corrected chi connectivity index (χ0v) is 16.1. The van der Waals surface area contributed by atoms with Gasteiger partial charge in [-0.05, 0) is 24.3 Å². The van der Waals surface area contributed by atoms with Crippen LogP contribution in [0, 0.1) is 11.2 Å². The maximum absolute atomic E-state index is 14.4. The number of amidine groups is 1. The quantitative estimate of drug-likeness (QED) is 0.495.